The number of benzene rings is 4. The Morgan fingerprint density at radius 2 is 1.00 bits per heavy atom. The van der Waals surface area contributed by atoms with Crippen LogP contribution in [-0.2, 0) is 22.7 Å². The van der Waals surface area contributed by atoms with E-state index in [2.05, 4.69) is 0 Å². The zero-order valence-electron chi connectivity index (χ0n) is 24.3. The Morgan fingerprint density at radius 3 is 1.33 bits per heavy atom. The molecule has 6 rings (SSSR count). The molecule has 2 aliphatic rings. The highest BCUT2D eigenvalue weighted by Crippen LogP contribution is 2.56. The van der Waals surface area contributed by atoms with E-state index in [1.54, 1.807) is 38.1 Å². The summed E-state index contributed by atoms with van der Waals surface area (Å²) < 4.78 is 34.4. The molecule has 4 aromatic rings. The standard InChI is InChI=1S/C32H34O10/c1-13-29(33)27-19(11-41-13)31(35)23-17(7-15(37-3)9-21(23)39-5)25(27)26-18-8-16(38-4)10-22(40-6)24(18)32(36)20-12-42-14(2)30(34)28(20)26/h7-10,13-14,29-30,33-36H,11-12H2,1-6H3/t13-,14+,29-,30-/m1/s1. The van der Waals surface area contributed by atoms with E-state index >= 15 is 0 Å². The second kappa shape index (κ2) is 10.4. The lowest BCUT2D eigenvalue weighted by Crippen LogP contribution is -2.28. The lowest BCUT2D eigenvalue weighted by molar-refractivity contribution is -0.0537. The van der Waals surface area contributed by atoms with Crippen LogP contribution in [0.5, 0.6) is 34.5 Å². The number of ether oxygens (including phenoxy) is 6. The average Bonchev–Trinajstić information content (AvgIpc) is 3.00. The number of phenols is 2. The molecule has 222 valence electrons. The summed E-state index contributed by atoms with van der Waals surface area (Å²) >= 11 is 0. The molecule has 4 atom stereocenters. The normalized spacial score (nSPS) is 21.6. The summed E-state index contributed by atoms with van der Waals surface area (Å²) in [5.41, 5.74) is 2.73. The summed E-state index contributed by atoms with van der Waals surface area (Å²) in [5.74, 6) is 1.45. The van der Waals surface area contributed by atoms with Gasteiger partial charge in [-0.3, -0.25) is 0 Å². The number of aliphatic hydroxyl groups excluding tert-OH is 2. The first-order valence-electron chi connectivity index (χ1n) is 13.6. The lowest BCUT2D eigenvalue weighted by Gasteiger charge is -2.36. The quantitative estimate of drug-likeness (QED) is 0.256. The molecule has 42 heavy (non-hydrogen) atoms. The van der Waals surface area contributed by atoms with Gasteiger partial charge in [-0.2, -0.15) is 0 Å². The van der Waals surface area contributed by atoms with Crippen molar-refractivity contribution in [3.8, 4) is 45.6 Å². The monoisotopic (exact) mass is 578 g/mol. The van der Waals surface area contributed by atoms with Crippen molar-refractivity contribution in [2.45, 2.75) is 51.5 Å². The topological polar surface area (TPSA) is 136 Å². The van der Waals surface area contributed by atoms with E-state index in [0.29, 0.717) is 77.9 Å². The summed E-state index contributed by atoms with van der Waals surface area (Å²) in [6, 6.07) is 6.86. The molecule has 2 aliphatic heterocycles. The van der Waals surface area contributed by atoms with Crippen LogP contribution in [0.25, 0.3) is 32.7 Å². The number of hydrogen-bond acceptors (Lipinski definition) is 10. The zero-order valence-corrected chi connectivity index (χ0v) is 24.3. The van der Waals surface area contributed by atoms with Gasteiger partial charge in [0.1, 0.15) is 46.7 Å². The Hall–Kier alpha value is -3.96. The first-order chi connectivity index (χ1) is 20.2. The third kappa shape index (κ3) is 3.94. The molecule has 0 amide bonds. The van der Waals surface area contributed by atoms with E-state index in [1.807, 2.05) is 0 Å². The van der Waals surface area contributed by atoms with Crippen molar-refractivity contribution in [2.75, 3.05) is 28.4 Å². The van der Waals surface area contributed by atoms with Gasteiger partial charge in [-0.25, -0.2) is 0 Å². The minimum absolute atomic E-state index is 0.0322. The van der Waals surface area contributed by atoms with Crippen LogP contribution >= 0.6 is 0 Å². The summed E-state index contributed by atoms with van der Waals surface area (Å²) in [7, 11) is 6.05. The van der Waals surface area contributed by atoms with Gasteiger partial charge in [-0.05, 0) is 37.1 Å². The van der Waals surface area contributed by atoms with Gasteiger partial charge >= 0.3 is 0 Å². The fourth-order valence-electron chi connectivity index (χ4n) is 6.33. The van der Waals surface area contributed by atoms with Gasteiger partial charge in [-0.1, -0.05) is 0 Å². The smallest absolute Gasteiger partial charge is 0.134 e. The summed E-state index contributed by atoms with van der Waals surface area (Å²) in [5, 5.41) is 48.4. The second-order valence-electron chi connectivity index (χ2n) is 10.7. The minimum atomic E-state index is -1.14. The molecule has 0 saturated heterocycles. The number of methoxy groups -OCH3 is 4. The Morgan fingerprint density at radius 1 is 0.619 bits per heavy atom. The van der Waals surface area contributed by atoms with E-state index in [-0.39, 0.29) is 24.7 Å². The van der Waals surface area contributed by atoms with Crippen LogP contribution in [0.1, 0.15) is 48.3 Å². The predicted octanol–water partition coefficient (Wildman–Crippen LogP) is 5.01. The van der Waals surface area contributed by atoms with Crippen LogP contribution in [0.3, 0.4) is 0 Å². The molecule has 10 heteroatoms. The van der Waals surface area contributed by atoms with Crippen molar-refractivity contribution in [1.82, 2.24) is 0 Å². The Balaban J connectivity index is 1.95. The van der Waals surface area contributed by atoms with Crippen LogP contribution in [0.15, 0.2) is 24.3 Å². The molecule has 0 aliphatic carbocycles. The number of aliphatic hydroxyl groups is 2. The zero-order chi connectivity index (χ0) is 30.0. The molecule has 0 saturated carbocycles. The fourth-order valence-corrected chi connectivity index (χ4v) is 6.33. The van der Waals surface area contributed by atoms with Crippen molar-refractivity contribution in [1.29, 1.82) is 0 Å². The van der Waals surface area contributed by atoms with E-state index in [1.165, 1.54) is 28.4 Å². The van der Waals surface area contributed by atoms with Crippen molar-refractivity contribution >= 4 is 21.5 Å². The second-order valence-corrected chi connectivity index (χ2v) is 10.7. The highest BCUT2D eigenvalue weighted by atomic mass is 16.5. The molecule has 2 heterocycles. The first kappa shape index (κ1) is 28.2. The third-order valence-corrected chi connectivity index (χ3v) is 8.55. The minimum Gasteiger partial charge on any atom is -0.507 e. The Bertz CT molecular complexity index is 1600. The molecule has 4 aromatic carbocycles. The largest absolute Gasteiger partial charge is 0.507 e. The molecule has 0 fully saturated rings. The molecular weight excluding hydrogens is 544 g/mol. The SMILES string of the molecule is COc1cc(OC)c2c(O)c3c(c(-c4c5c(c(O)c6c(OC)cc(OC)cc46)CO[C@H](C)[C@H]5O)c2c1)[C@H](O)[C@H](C)OC3. The molecular formula is C32H34O10. The highest BCUT2D eigenvalue weighted by molar-refractivity contribution is 6.15. The van der Waals surface area contributed by atoms with Gasteiger partial charge in [0.2, 0.25) is 0 Å². The average molecular weight is 579 g/mol. The Kier molecular flexibility index (Phi) is 6.97. The number of hydrogen-bond donors (Lipinski definition) is 4. The maximum atomic E-state index is 11.7. The summed E-state index contributed by atoms with van der Waals surface area (Å²) in [6.45, 7) is 3.58. The van der Waals surface area contributed by atoms with Gasteiger partial charge in [-0.15, -0.1) is 0 Å². The molecule has 0 spiro atoms. The van der Waals surface area contributed by atoms with Crippen LogP contribution in [-0.4, -0.2) is 61.1 Å². The molecule has 0 radical (unpaired) electrons. The van der Waals surface area contributed by atoms with Gasteiger partial charge in [0.05, 0.1) is 64.6 Å². The van der Waals surface area contributed by atoms with Crippen LogP contribution in [0, 0.1) is 0 Å². The van der Waals surface area contributed by atoms with Crippen molar-refractivity contribution in [3.63, 3.8) is 0 Å². The maximum Gasteiger partial charge on any atom is 0.134 e. The maximum absolute atomic E-state index is 11.7. The van der Waals surface area contributed by atoms with Gasteiger partial charge in [0.25, 0.3) is 0 Å². The van der Waals surface area contributed by atoms with E-state index < -0.39 is 24.4 Å². The lowest BCUT2D eigenvalue weighted by atomic mass is 9.77. The van der Waals surface area contributed by atoms with E-state index in [0.717, 1.165) is 0 Å². The van der Waals surface area contributed by atoms with Gasteiger partial charge in [0, 0.05) is 45.2 Å². The van der Waals surface area contributed by atoms with E-state index in [9.17, 15) is 20.4 Å². The number of aromatic hydroxyl groups is 2. The molecule has 0 bridgehead atoms. The van der Waals surface area contributed by atoms with Crippen LogP contribution < -0.4 is 18.9 Å². The summed E-state index contributed by atoms with van der Waals surface area (Å²) in [6.07, 6.45) is -3.48. The Labute approximate surface area is 242 Å². The fraction of sp³-hybridized carbons (Fsp3) is 0.375. The van der Waals surface area contributed by atoms with Crippen LogP contribution in [0.4, 0.5) is 0 Å². The molecule has 0 aromatic heterocycles. The predicted molar refractivity (Wildman–Crippen MR) is 155 cm³/mol. The van der Waals surface area contributed by atoms with Crippen molar-refractivity contribution < 1.29 is 48.8 Å². The van der Waals surface area contributed by atoms with E-state index in [4.69, 9.17) is 28.4 Å². The van der Waals surface area contributed by atoms with Crippen LogP contribution in [0.2, 0.25) is 0 Å². The summed E-state index contributed by atoms with van der Waals surface area (Å²) in [4.78, 5) is 0. The van der Waals surface area contributed by atoms with Crippen molar-refractivity contribution in [3.05, 3.63) is 46.5 Å². The van der Waals surface area contributed by atoms with Gasteiger partial charge in [0.15, 0.2) is 0 Å². The van der Waals surface area contributed by atoms with Gasteiger partial charge < -0.3 is 48.8 Å². The number of phenolic OH excluding ortho intramolecular Hbond substituents is 2. The number of fused-ring (bicyclic) bond motifs is 4. The third-order valence-electron chi connectivity index (χ3n) is 8.55. The number of rotatable bonds is 5. The highest BCUT2D eigenvalue weighted by Gasteiger charge is 2.39. The molecule has 0 unspecified atom stereocenters. The molecule has 10 nitrogen and oxygen atoms in total. The first-order valence-corrected chi connectivity index (χ1v) is 13.6. The molecule has 4 N–H and O–H groups in total. The van der Waals surface area contributed by atoms with Crippen molar-refractivity contribution in [2.24, 2.45) is 0 Å².